The number of methoxy groups -OCH3 is 1. The van der Waals surface area contributed by atoms with Gasteiger partial charge in [-0.1, -0.05) is 24.6 Å². The molecule has 0 aliphatic heterocycles. The van der Waals surface area contributed by atoms with E-state index in [1.807, 2.05) is 6.92 Å². The number of hydrogen-bond acceptors (Lipinski definition) is 5. The largest absolute Gasteiger partial charge is 0.495 e. The second kappa shape index (κ2) is 9.84. The lowest BCUT2D eigenvalue weighted by molar-refractivity contribution is -0.117. The predicted octanol–water partition coefficient (Wildman–Crippen LogP) is 3.93. The number of halogens is 1. The molecule has 1 amide bonds. The number of rotatable bonds is 9. The highest BCUT2D eigenvalue weighted by Gasteiger charge is 2.32. The number of carbonyl (C=O) groups excluding carboxylic acids is 1. The summed E-state index contributed by atoms with van der Waals surface area (Å²) in [6.45, 7) is 4.10. The van der Waals surface area contributed by atoms with E-state index >= 15 is 0 Å². The van der Waals surface area contributed by atoms with E-state index in [-0.39, 0.29) is 17.1 Å². The summed E-state index contributed by atoms with van der Waals surface area (Å²) in [7, 11) is -2.31. The Labute approximate surface area is 176 Å². The number of benzene rings is 2. The van der Waals surface area contributed by atoms with Crippen LogP contribution in [-0.2, 0) is 14.8 Å². The molecule has 1 unspecified atom stereocenters. The summed E-state index contributed by atoms with van der Waals surface area (Å²) in [5.41, 5.74) is 0.795. The average Bonchev–Trinajstić information content (AvgIpc) is 2.65. The Hall–Kier alpha value is -2.45. The first-order chi connectivity index (χ1) is 13.7. The highest BCUT2D eigenvalue weighted by atomic mass is 35.5. The molecule has 0 aliphatic carbocycles. The van der Waals surface area contributed by atoms with Crippen LogP contribution in [0.3, 0.4) is 0 Å². The molecule has 0 saturated heterocycles. The summed E-state index contributed by atoms with van der Waals surface area (Å²) in [6.07, 6.45) is 1.31. The van der Waals surface area contributed by atoms with E-state index in [9.17, 15) is 13.2 Å². The molecular formula is C20H25ClN2O5S. The smallest absolute Gasteiger partial charge is 0.248 e. The van der Waals surface area contributed by atoms with Crippen molar-refractivity contribution in [3.8, 4) is 11.5 Å². The Morgan fingerprint density at radius 3 is 2.48 bits per heavy atom. The number of ether oxygens (including phenoxy) is 2. The van der Waals surface area contributed by atoms with Crippen LogP contribution >= 0.6 is 11.6 Å². The molecule has 158 valence electrons. The normalized spacial score (nSPS) is 12.2. The van der Waals surface area contributed by atoms with Crippen molar-refractivity contribution in [2.24, 2.45) is 0 Å². The van der Waals surface area contributed by atoms with Crippen molar-refractivity contribution in [2.75, 3.05) is 29.6 Å². The van der Waals surface area contributed by atoms with Gasteiger partial charge in [0.1, 0.15) is 17.5 Å². The zero-order valence-electron chi connectivity index (χ0n) is 16.8. The summed E-state index contributed by atoms with van der Waals surface area (Å²) in [6, 6.07) is 10.5. The van der Waals surface area contributed by atoms with Crippen LogP contribution in [-0.4, -0.2) is 40.3 Å². The quantitative estimate of drug-likeness (QED) is 0.638. The molecule has 2 rings (SSSR count). The maximum absolute atomic E-state index is 13.0. The van der Waals surface area contributed by atoms with Gasteiger partial charge in [-0.25, -0.2) is 8.42 Å². The van der Waals surface area contributed by atoms with Crippen molar-refractivity contribution in [3.63, 3.8) is 0 Å². The van der Waals surface area contributed by atoms with Gasteiger partial charge in [0.05, 0.1) is 30.7 Å². The highest BCUT2D eigenvalue weighted by molar-refractivity contribution is 7.92. The van der Waals surface area contributed by atoms with Crippen LogP contribution < -0.4 is 19.1 Å². The molecule has 0 bridgehead atoms. The van der Waals surface area contributed by atoms with Crippen LogP contribution in [0.1, 0.15) is 20.3 Å². The molecule has 0 fully saturated rings. The second-order valence-corrected chi connectivity index (χ2v) is 8.52. The number of nitrogens with one attached hydrogen (secondary N) is 1. The van der Waals surface area contributed by atoms with Crippen molar-refractivity contribution < 1.29 is 22.7 Å². The summed E-state index contributed by atoms with van der Waals surface area (Å²) >= 11 is 6.17. The molecule has 1 N–H and O–H groups in total. The number of anilines is 2. The first-order valence-electron chi connectivity index (χ1n) is 9.07. The first kappa shape index (κ1) is 22.8. The third-order valence-corrected chi connectivity index (χ3v) is 5.61. The third-order valence-electron chi connectivity index (χ3n) is 4.13. The summed E-state index contributed by atoms with van der Waals surface area (Å²) < 4.78 is 36.7. The second-order valence-electron chi connectivity index (χ2n) is 6.25. The molecule has 0 saturated carbocycles. The minimum atomic E-state index is -3.77. The Bertz CT molecular complexity index is 965. The highest BCUT2D eigenvalue weighted by Crippen LogP contribution is 2.32. The van der Waals surface area contributed by atoms with E-state index in [1.165, 1.54) is 13.2 Å². The van der Waals surface area contributed by atoms with E-state index < -0.39 is 22.0 Å². The SMILES string of the molecule is CCOc1cccc(NC(=O)C(CC)N(c2ccc(OC)c(Cl)c2)S(C)(=O)=O)c1. The Kier molecular flexibility index (Phi) is 7.75. The van der Waals surface area contributed by atoms with Crippen LogP contribution in [0, 0.1) is 0 Å². The first-order valence-corrected chi connectivity index (χ1v) is 11.3. The van der Waals surface area contributed by atoms with E-state index in [4.69, 9.17) is 21.1 Å². The molecule has 29 heavy (non-hydrogen) atoms. The molecule has 1 atom stereocenters. The molecule has 2 aromatic rings. The van der Waals surface area contributed by atoms with Gasteiger partial charge in [-0.05, 0) is 43.7 Å². The van der Waals surface area contributed by atoms with Gasteiger partial charge in [0, 0.05) is 11.8 Å². The zero-order valence-corrected chi connectivity index (χ0v) is 18.4. The predicted molar refractivity (Wildman–Crippen MR) is 116 cm³/mol. The zero-order chi connectivity index (χ0) is 21.6. The topological polar surface area (TPSA) is 84.9 Å². The van der Waals surface area contributed by atoms with Crippen LogP contribution in [0.2, 0.25) is 5.02 Å². The minimum absolute atomic E-state index is 0.248. The molecule has 0 spiro atoms. The van der Waals surface area contributed by atoms with E-state index in [0.717, 1.165) is 10.6 Å². The fourth-order valence-electron chi connectivity index (χ4n) is 2.91. The van der Waals surface area contributed by atoms with Crippen LogP contribution in [0.25, 0.3) is 0 Å². The fourth-order valence-corrected chi connectivity index (χ4v) is 4.36. The van der Waals surface area contributed by atoms with Gasteiger partial charge < -0.3 is 14.8 Å². The van der Waals surface area contributed by atoms with Crippen LogP contribution in [0.4, 0.5) is 11.4 Å². The number of hydrogen-bond donors (Lipinski definition) is 1. The molecule has 9 heteroatoms. The van der Waals surface area contributed by atoms with Gasteiger partial charge in [-0.3, -0.25) is 9.10 Å². The third kappa shape index (κ3) is 5.77. The Morgan fingerprint density at radius 2 is 1.93 bits per heavy atom. The van der Waals surface area contributed by atoms with E-state index in [2.05, 4.69) is 5.32 Å². The van der Waals surface area contributed by atoms with E-state index in [0.29, 0.717) is 23.8 Å². The van der Waals surface area contributed by atoms with Gasteiger partial charge in [-0.15, -0.1) is 0 Å². The Balaban J connectivity index is 2.37. The van der Waals surface area contributed by atoms with Gasteiger partial charge in [0.2, 0.25) is 15.9 Å². The number of amides is 1. The molecule has 0 aliphatic rings. The molecule has 0 radical (unpaired) electrons. The number of carbonyl (C=O) groups is 1. The summed E-state index contributed by atoms with van der Waals surface area (Å²) in [5.74, 6) is 0.563. The minimum Gasteiger partial charge on any atom is -0.495 e. The van der Waals surface area contributed by atoms with Crippen molar-refractivity contribution in [1.29, 1.82) is 0 Å². The lowest BCUT2D eigenvalue weighted by atomic mass is 10.1. The number of nitrogens with zero attached hydrogens (tertiary/aromatic N) is 1. The van der Waals surface area contributed by atoms with Gasteiger partial charge in [0.15, 0.2) is 0 Å². The lowest BCUT2D eigenvalue weighted by Gasteiger charge is -2.30. The van der Waals surface area contributed by atoms with Crippen LogP contribution in [0.5, 0.6) is 11.5 Å². The van der Waals surface area contributed by atoms with Crippen LogP contribution in [0.15, 0.2) is 42.5 Å². The molecular weight excluding hydrogens is 416 g/mol. The molecule has 0 aromatic heterocycles. The molecule has 2 aromatic carbocycles. The summed E-state index contributed by atoms with van der Waals surface area (Å²) in [4.78, 5) is 13.0. The molecule has 0 heterocycles. The lowest BCUT2D eigenvalue weighted by Crippen LogP contribution is -2.47. The Morgan fingerprint density at radius 1 is 1.21 bits per heavy atom. The standard InChI is InChI=1S/C20H25ClN2O5S/c1-5-18(20(24)22-14-8-7-9-16(12-14)28-6-2)23(29(4,25)26)15-10-11-19(27-3)17(21)13-15/h7-13,18H,5-6H2,1-4H3,(H,22,24). The fraction of sp³-hybridized carbons (Fsp3) is 0.350. The number of sulfonamides is 1. The average molecular weight is 441 g/mol. The van der Waals surface area contributed by atoms with Crippen molar-refractivity contribution >= 4 is 38.9 Å². The maximum atomic E-state index is 13.0. The maximum Gasteiger partial charge on any atom is 0.248 e. The monoisotopic (exact) mass is 440 g/mol. The van der Waals surface area contributed by atoms with Gasteiger partial charge >= 0.3 is 0 Å². The van der Waals surface area contributed by atoms with Gasteiger partial charge in [0.25, 0.3) is 0 Å². The van der Waals surface area contributed by atoms with Crippen molar-refractivity contribution in [2.45, 2.75) is 26.3 Å². The molecule has 7 nitrogen and oxygen atoms in total. The summed E-state index contributed by atoms with van der Waals surface area (Å²) in [5, 5.41) is 3.02. The van der Waals surface area contributed by atoms with Gasteiger partial charge in [-0.2, -0.15) is 0 Å². The van der Waals surface area contributed by atoms with Crippen molar-refractivity contribution in [3.05, 3.63) is 47.5 Å². The van der Waals surface area contributed by atoms with E-state index in [1.54, 1.807) is 43.3 Å². The van der Waals surface area contributed by atoms with Crippen molar-refractivity contribution in [1.82, 2.24) is 0 Å².